The number of carbonyl (C=O) groups excluding carboxylic acids is 1. The lowest BCUT2D eigenvalue weighted by atomic mass is 9.96. The third-order valence-electron chi connectivity index (χ3n) is 5.63. The number of aryl methyl sites for hydroxylation is 3. The fourth-order valence-electron chi connectivity index (χ4n) is 4.05. The number of benzene rings is 2. The number of likely N-dealkylation sites (tertiary alicyclic amines) is 1. The van der Waals surface area contributed by atoms with E-state index in [1.165, 1.54) is 22.6 Å². The molecule has 0 bridgehead atoms. The zero-order valence-corrected chi connectivity index (χ0v) is 17.9. The number of rotatable bonds is 5. The van der Waals surface area contributed by atoms with Crippen molar-refractivity contribution in [3.8, 4) is 0 Å². The van der Waals surface area contributed by atoms with Crippen LogP contribution in [0, 0.1) is 32.5 Å². The Bertz CT molecular complexity index is 897. The normalized spacial score (nSPS) is 19.5. The van der Waals surface area contributed by atoms with Gasteiger partial charge < -0.3 is 4.90 Å². The van der Waals surface area contributed by atoms with E-state index < -0.39 is 0 Å². The van der Waals surface area contributed by atoms with Gasteiger partial charge in [0.15, 0.2) is 0 Å². The van der Waals surface area contributed by atoms with Crippen molar-refractivity contribution in [2.45, 2.75) is 40.2 Å². The topological polar surface area (TPSA) is 45.9 Å². The Morgan fingerprint density at radius 2 is 1.86 bits per heavy atom. The monoisotopic (exact) mass is 416 g/mol. The lowest BCUT2D eigenvalue weighted by Gasteiger charge is -2.28. The number of amides is 1. The standard InChI is InChI=1S/C23H27ClFN3O/c1-15-10-16(2)21(17(3)11-15)13-26-27-23(29)18-6-8-28(9-7-18)14-19-4-5-20(25)12-22(19)24/h4-5,10-13,18H,6-9,14H2,1-3H3,(H,27,29)/p+1/b26-13-. The summed E-state index contributed by atoms with van der Waals surface area (Å²) in [6, 6.07) is 8.76. The van der Waals surface area contributed by atoms with Crippen LogP contribution in [0.4, 0.5) is 4.39 Å². The van der Waals surface area contributed by atoms with Crippen LogP contribution >= 0.6 is 11.6 Å². The minimum absolute atomic E-state index is 0.0254. The SMILES string of the molecule is Cc1cc(C)c(/C=N\NC(=O)C2CC[NH+](Cc3ccc(F)cc3Cl)CC2)c(C)c1. The van der Waals surface area contributed by atoms with Gasteiger partial charge in [0.25, 0.3) is 0 Å². The number of hydrogen-bond donors (Lipinski definition) is 2. The smallest absolute Gasteiger partial charge is 0.243 e. The maximum absolute atomic E-state index is 13.2. The van der Waals surface area contributed by atoms with E-state index in [9.17, 15) is 9.18 Å². The van der Waals surface area contributed by atoms with Crippen LogP contribution in [0.2, 0.25) is 5.02 Å². The van der Waals surface area contributed by atoms with Crippen molar-refractivity contribution in [3.63, 3.8) is 0 Å². The molecule has 154 valence electrons. The van der Waals surface area contributed by atoms with E-state index in [4.69, 9.17) is 11.6 Å². The molecule has 0 saturated carbocycles. The first-order chi connectivity index (χ1) is 13.8. The van der Waals surface area contributed by atoms with Crippen molar-refractivity contribution in [1.29, 1.82) is 0 Å². The van der Waals surface area contributed by atoms with Crippen molar-refractivity contribution in [3.05, 3.63) is 69.0 Å². The zero-order chi connectivity index (χ0) is 21.0. The summed E-state index contributed by atoms with van der Waals surface area (Å²) in [5, 5.41) is 4.66. The second-order valence-electron chi connectivity index (χ2n) is 7.98. The van der Waals surface area contributed by atoms with Crippen molar-refractivity contribution < 1.29 is 14.1 Å². The minimum atomic E-state index is -0.319. The molecule has 2 aromatic carbocycles. The molecule has 0 unspecified atom stereocenters. The predicted octanol–water partition coefficient (Wildman–Crippen LogP) is 3.35. The Labute approximate surface area is 176 Å². The van der Waals surface area contributed by atoms with E-state index in [0.717, 1.165) is 54.7 Å². The zero-order valence-electron chi connectivity index (χ0n) is 17.2. The molecule has 6 heteroatoms. The molecule has 1 amide bonds. The largest absolute Gasteiger partial charge is 0.331 e. The molecule has 2 N–H and O–H groups in total. The van der Waals surface area contributed by atoms with E-state index in [1.807, 2.05) is 0 Å². The third kappa shape index (κ3) is 5.64. The molecule has 0 aromatic heterocycles. The van der Waals surface area contributed by atoms with Gasteiger partial charge in [-0.05, 0) is 50.1 Å². The van der Waals surface area contributed by atoms with Gasteiger partial charge >= 0.3 is 0 Å². The Kier molecular flexibility index (Phi) is 7.04. The van der Waals surface area contributed by atoms with E-state index in [0.29, 0.717) is 5.02 Å². The molecular formula is C23H28ClFN3O+. The first-order valence-corrected chi connectivity index (χ1v) is 10.4. The van der Waals surface area contributed by atoms with E-state index >= 15 is 0 Å². The molecular weight excluding hydrogens is 389 g/mol. The number of nitrogens with zero attached hydrogens (tertiary/aromatic N) is 1. The molecule has 1 heterocycles. The van der Waals surface area contributed by atoms with Crippen LogP contribution < -0.4 is 10.3 Å². The van der Waals surface area contributed by atoms with Gasteiger partial charge in [0.05, 0.1) is 30.2 Å². The second kappa shape index (κ2) is 9.51. The van der Waals surface area contributed by atoms with Gasteiger partial charge in [0.2, 0.25) is 5.91 Å². The lowest BCUT2D eigenvalue weighted by Crippen LogP contribution is -3.11. The molecule has 0 aliphatic carbocycles. The fourth-order valence-corrected chi connectivity index (χ4v) is 4.28. The van der Waals surface area contributed by atoms with Gasteiger partial charge in [-0.15, -0.1) is 0 Å². The molecule has 3 rings (SSSR count). The summed E-state index contributed by atoms with van der Waals surface area (Å²) >= 11 is 6.13. The maximum atomic E-state index is 13.2. The summed E-state index contributed by atoms with van der Waals surface area (Å²) in [5.41, 5.74) is 8.22. The number of carbonyl (C=O) groups is 1. The Hall–Kier alpha value is -2.24. The Morgan fingerprint density at radius 3 is 2.48 bits per heavy atom. The minimum Gasteiger partial charge on any atom is -0.331 e. The highest BCUT2D eigenvalue weighted by Gasteiger charge is 2.27. The van der Waals surface area contributed by atoms with Crippen LogP contribution in [0.5, 0.6) is 0 Å². The van der Waals surface area contributed by atoms with Gasteiger partial charge in [-0.3, -0.25) is 4.79 Å². The molecule has 2 aromatic rings. The summed E-state index contributed by atoms with van der Waals surface area (Å²) in [6.07, 6.45) is 3.34. The van der Waals surface area contributed by atoms with Crippen molar-refractivity contribution >= 4 is 23.7 Å². The highest BCUT2D eigenvalue weighted by atomic mass is 35.5. The Balaban J connectivity index is 1.50. The van der Waals surface area contributed by atoms with E-state index in [2.05, 4.69) is 43.4 Å². The quantitative estimate of drug-likeness (QED) is 0.570. The second-order valence-corrected chi connectivity index (χ2v) is 8.39. The number of piperidine rings is 1. The maximum Gasteiger partial charge on any atom is 0.243 e. The summed E-state index contributed by atoms with van der Waals surface area (Å²) in [5.74, 6) is -0.372. The Morgan fingerprint density at radius 1 is 1.21 bits per heavy atom. The molecule has 1 fully saturated rings. The van der Waals surface area contributed by atoms with Gasteiger partial charge in [-0.25, -0.2) is 9.82 Å². The molecule has 0 radical (unpaired) electrons. The van der Waals surface area contributed by atoms with Crippen molar-refractivity contribution in [2.24, 2.45) is 11.0 Å². The molecule has 0 spiro atoms. The van der Waals surface area contributed by atoms with Crippen molar-refractivity contribution in [2.75, 3.05) is 13.1 Å². The summed E-state index contributed by atoms with van der Waals surface area (Å²) in [6.45, 7) is 8.68. The van der Waals surface area contributed by atoms with Crippen LogP contribution in [-0.2, 0) is 11.3 Å². The fraction of sp³-hybridized carbons (Fsp3) is 0.391. The molecule has 29 heavy (non-hydrogen) atoms. The molecule has 1 saturated heterocycles. The number of hydrazone groups is 1. The molecule has 1 aliphatic rings. The number of halogens is 2. The van der Waals surface area contributed by atoms with E-state index in [-0.39, 0.29) is 17.6 Å². The van der Waals surface area contributed by atoms with Gasteiger partial charge in [-0.2, -0.15) is 5.10 Å². The van der Waals surface area contributed by atoms with Crippen LogP contribution in [0.15, 0.2) is 35.4 Å². The summed E-state index contributed by atoms with van der Waals surface area (Å²) < 4.78 is 13.2. The van der Waals surface area contributed by atoms with Crippen molar-refractivity contribution in [1.82, 2.24) is 5.43 Å². The third-order valence-corrected chi connectivity index (χ3v) is 5.98. The number of hydrogen-bond acceptors (Lipinski definition) is 2. The average Bonchev–Trinajstić information content (AvgIpc) is 2.66. The van der Waals surface area contributed by atoms with Gasteiger partial charge in [-0.1, -0.05) is 29.3 Å². The number of quaternary nitrogens is 1. The predicted molar refractivity (Wildman–Crippen MR) is 115 cm³/mol. The average molecular weight is 417 g/mol. The first-order valence-electron chi connectivity index (χ1n) is 10.0. The van der Waals surface area contributed by atoms with Gasteiger partial charge in [0, 0.05) is 24.0 Å². The first kappa shape index (κ1) is 21.5. The molecule has 4 nitrogen and oxygen atoms in total. The van der Waals surface area contributed by atoms with Crippen LogP contribution in [0.3, 0.4) is 0 Å². The molecule has 0 atom stereocenters. The highest BCUT2D eigenvalue weighted by Crippen LogP contribution is 2.17. The molecule has 1 aliphatic heterocycles. The van der Waals surface area contributed by atoms with Crippen LogP contribution in [0.1, 0.15) is 40.7 Å². The highest BCUT2D eigenvalue weighted by molar-refractivity contribution is 6.31. The van der Waals surface area contributed by atoms with Gasteiger partial charge in [0.1, 0.15) is 12.4 Å². The lowest BCUT2D eigenvalue weighted by molar-refractivity contribution is -0.919. The summed E-state index contributed by atoms with van der Waals surface area (Å²) in [7, 11) is 0. The summed E-state index contributed by atoms with van der Waals surface area (Å²) in [4.78, 5) is 13.8. The van der Waals surface area contributed by atoms with Crippen LogP contribution in [0.25, 0.3) is 0 Å². The van der Waals surface area contributed by atoms with E-state index in [1.54, 1.807) is 12.3 Å². The van der Waals surface area contributed by atoms with Crippen LogP contribution in [-0.4, -0.2) is 25.2 Å². The number of nitrogens with one attached hydrogen (secondary N) is 2.